The van der Waals surface area contributed by atoms with Crippen molar-refractivity contribution in [3.05, 3.63) is 29.6 Å². The van der Waals surface area contributed by atoms with Gasteiger partial charge in [0.25, 0.3) is 0 Å². The quantitative estimate of drug-likeness (QED) is 0.705. The van der Waals surface area contributed by atoms with Crippen LogP contribution in [0, 0.1) is 5.82 Å². The highest BCUT2D eigenvalue weighted by Crippen LogP contribution is 2.31. The normalized spacial score (nSPS) is 13.7. The van der Waals surface area contributed by atoms with Gasteiger partial charge in [-0.15, -0.1) is 0 Å². The minimum atomic E-state index is -0.645. The van der Waals surface area contributed by atoms with Gasteiger partial charge in [0.2, 0.25) is 5.95 Å². The van der Waals surface area contributed by atoms with Crippen LogP contribution in [-0.4, -0.2) is 17.0 Å². The van der Waals surface area contributed by atoms with E-state index in [1.165, 1.54) is 0 Å². The van der Waals surface area contributed by atoms with Crippen molar-refractivity contribution in [3.63, 3.8) is 0 Å². The molecule has 1 aliphatic heterocycles. The molecule has 0 radical (unpaired) electrons. The van der Waals surface area contributed by atoms with Gasteiger partial charge in [0, 0.05) is 19.2 Å². The number of halogens is 1. The lowest BCUT2D eigenvalue weighted by molar-refractivity contribution is 0.625. The number of nitrogens with two attached hydrogens (primary N) is 2. The van der Waals surface area contributed by atoms with Gasteiger partial charge >= 0.3 is 0 Å². The van der Waals surface area contributed by atoms with Crippen LogP contribution in [0.2, 0.25) is 0 Å². The largest absolute Gasteiger partial charge is 0.381 e. The molecule has 19 heavy (non-hydrogen) atoms. The van der Waals surface area contributed by atoms with E-state index >= 15 is 0 Å². The maximum Gasteiger partial charge on any atom is 0.222 e. The van der Waals surface area contributed by atoms with E-state index in [1.807, 2.05) is 24.2 Å². The molecule has 0 saturated carbocycles. The summed E-state index contributed by atoms with van der Waals surface area (Å²) in [6.45, 7) is 0.692. The number of benzene rings is 1. The SMILES string of the molecule is CN1NCc2cc(-c3nc(N)nc(N)c3F)ccc21. The fourth-order valence-corrected chi connectivity index (χ4v) is 2.16. The summed E-state index contributed by atoms with van der Waals surface area (Å²) in [5.74, 6) is -0.920. The zero-order valence-corrected chi connectivity index (χ0v) is 10.3. The van der Waals surface area contributed by atoms with Crippen molar-refractivity contribution in [2.45, 2.75) is 6.54 Å². The third kappa shape index (κ3) is 1.84. The first-order chi connectivity index (χ1) is 9.06. The van der Waals surface area contributed by atoms with Crippen LogP contribution in [-0.2, 0) is 6.54 Å². The lowest BCUT2D eigenvalue weighted by atomic mass is 10.1. The summed E-state index contributed by atoms with van der Waals surface area (Å²) in [6, 6.07) is 5.56. The zero-order valence-electron chi connectivity index (χ0n) is 10.3. The maximum atomic E-state index is 14.0. The minimum Gasteiger partial charge on any atom is -0.381 e. The van der Waals surface area contributed by atoms with E-state index in [2.05, 4.69) is 15.4 Å². The molecule has 2 heterocycles. The van der Waals surface area contributed by atoms with Gasteiger partial charge in [-0.1, -0.05) is 6.07 Å². The molecule has 0 saturated heterocycles. The van der Waals surface area contributed by atoms with Gasteiger partial charge in [-0.05, 0) is 17.7 Å². The summed E-state index contributed by atoms with van der Waals surface area (Å²) in [5, 5.41) is 1.91. The van der Waals surface area contributed by atoms with E-state index in [9.17, 15) is 4.39 Å². The Hall–Kier alpha value is -2.41. The predicted octanol–water partition coefficient (Wildman–Crippen LogP) is 0.901. The number of nitrogen functional groups attached to an aromatic ring is 2. The van der Waals surface area contributed by atoms with Crippen molar-refractivity contribution in [2.24, 2.45) is 0 Å². The molecule has 2 aromatic rings. The van der Waals surface area contributed by atoms with Gasteiger partial charge in [0.1, 0.15) is 5.69 Å². The van der Waals surface area contributed by atoms with Gasteiger partial charge in [0.15, 0.2) is 11.6 Å². The number of anilines is 3. The molecule has 7 heteroatoms. The Morgan fingerprint density at radius 3 is 2.89 bits per heavy atom. The molecular weight excluding hydrogens is 247 g/mol. The van der Waals surface area contributed by atoms with Crippen molar-refractivity contribution in [2.75, 3.05) is 23.5 Å². The average Bonchev–Trinajstić information content (AvgIpc) is 2.75. The fraction of sp³-hybridized carbons (Fsp3) is 0.167. The summed E-state index contributed by atoms with van der Waals surface area (Å²) in [6.07, 6.45) is 0. The van der Waals surface area contributed by atoms with Crippen LogP contribution in [0.15, 0.2) is 18.2 Å². The number of fused-ring (bicyclic) bond motifs is 1. The van der Waals surface area contributed by atoms with Crippen LogP contribution < -0.4 is 21.9 Å². The average molecular weight is 260 g/mol. The third-order valence-corrected chi connectivity index (χ3v) is 3.12. The third-order valence-electron chi connectivity index (χ3n) is 3.12. The Balaban J connectivity index is 2.13. The molecule has 0 aliphatic carbocycles. The van der Waals surface area contributed by atoms with Crippen LogP contribution in [0.5, 0.6) is 0 Å². The molecule has 0 unspecified atom stereocenters. The van der Waals surface area contributed by atoms with Crippen molar-refractivity contribution >= 4 is 17.5 Å². The van der Waals surface area contributed by atoms with E-state index in [-0.39, 0.29) is 17.5 Å². The smallest absolute Gasteiger partial charge is 0.222 e. The highest BCUT2D eigenvalue weighted by atomic mass is 19.1. The van der Waals surface area contributed by atoms with E-state index in [0.29, 0.717) is 12.1 Å². The highest BCUT2D eigenvalue weighted by Gasteiger charge is 2.18. The Bertz CT molecular complexity index is 657. The van der Waals surface area contributed by atoms with Gasteiger partial charge in [-0.25, -0.2) is 14.8 Å². The van der Waals surface area contributed by atoms with Crippen LogP contribution in [0.1, 0.15) is 5.56 Å². The van der Waals surface area contributed by atoms with Crippen LogP contribution in [0.25, 0.3) is 11.3 Å². The second-order valence-electron chi connectivity index (χ2n) is 4.37. The van der Waals surface area contributed by atoms with Gasteiger partial charge in [0.05, 0.1) is 5.69 Å². The van der Waals surface area contributed by atoms with Crippen molar-refractivity contribution in [3.8, 4) is 11.3 Å². The van der Waals surface area contributed by atoms with E-state index < -0.39 is 5.82 Å². The molecule has 0 fully saturated rings. The number of hydrogen-bond acceptors (Lipinski definition) is 6. The molecule has 0 bridgehead atoms. The van der Waals surface area contributed by atoms with Crippen LogP contribution in [0.4, 0.5) is 21.8 Å². The number of nitrogens with zero attached hydrogens (tertiary/aromatic N) is 3. The summed E-state index contributed by atoms with van der Waals surface area (Å²) in [7, 11) is 1.92. The lowest BCUT2D eigenvalue weighted by Crippen LogP contribution is -2.26. The van der Waals surface area contributed by atoms with Gasteiger partial charge in [-0.3, -0.25) is 0 Å². The Morgan fingerprint density at radius 2 is 2.11 bits per heavy atom. The van der Waals surface area contributed by atoms with Crippen molar-refractivity contribution < 1.29 is 4.39 Å². The molecule has 6 nitrogen and oxygen atoms in total. The molecule has 1 aromatic heterocycles. The molecule has 1 aliphatic rings. The summed E-state index contributed by atoms with van der Waals surface area (Å²) < 4.78 is 14.0. The number of nitrogens with one attached hydrogen (secondary N) is 1. The Morgan fingerprint density at radius 1 is 1.32 bits per heavy atom. The zero-order chi connectivity index (χ0) is 13.6. The monoisotopic (exact) mass is 260 g/mol. The summed E-state index contributed by atoms with van der Waals surface area (Å²) >= 11 is 0. The molecule has 0 amide bonds. The van der Waals surface area contributed by atoms with Gasteiger partial charge < -0.3 is 16.5 Å². The fourth-order valence-electron chi connectivity index (χ4n) is 2.16. The molecule has 3 rings (SSSR count). The predicted molar refractivity (Wildman–Crippen MR) is 71.5 cm³/mol. The first-order valence-corrected chi connectivity index (χ1v) is 5.75. The summed E-state index contributed by atoms with van der Waals surface area (Å²) in [4.78, 5) is 7.52. The molecule has 5 N–H and O–H groups in total. The standard InChI is InChI=1S/C12H13FN6/c1-19-8-3-2-6(4-7(8)5-16-19)10-9(13)11(14)18-12(15)17-10/h2-4,16H,5H2,1H3,(H4,14,15,17,18). The number of aromatic nitrogens is 2. The first kappa shape index (κ1) is 11.7. The molecular formula is C12H13FN6. The first-order valence-electron chi connectivity index (χ1n) is 5.75. The second-order valence-corrected chi connectivity index (χ2v) is 4.37. The van der Waals surface area contributed by atoms with Crippen LogP contribution in [0.3, 0.4) is 0 Å². The van der Waals surface area contributed by atoms with Crippen LogP contribution >= 0.6 is 0 Å². The van der Waals surface area contributed by atoms with E-state index in [4.69, 9.17) is 11.5 Å². The van der Waals surface area contributed by atoms with E-state index in [0.717, 1.165) is 11.3 Å². The molecule has 0 atom stereocenters. The number of hydrazine groups is 1. The minimum absolute atomic E-state index is 0.0374. The van der Waals surface area contributed by atoms with Crippen molar-refractivity contribution in [1.29, 1.82) is 0 Å². The molecule has 98 valence electrons. The lowest BCUT2D eigenvalue weighted by Gasteiger charge is -2.12. The second kappa shape index (κ2) is 4.06. The topological polar surface area (TPSA) is 93.1 Å². The maximum absolute atomic E-state index is 14.0. The number of rotatable bonds is 1. The molecule has 0 spiro atoms. The Kier molecular flexibility index (Phi) is 2.49. The van der Waals surface area contributed by atoms with Gasteiger partial charge in [-0.2, -0.15) is 4.98 Å². The molecule has 1 aromatic carbocycles. The van der Waals surface area contributed by atoms with E-state index in [1.54, 1.807) is 6.07 Å². The number of hydrogen-bond donors (Lipinski definition) is 3. The summed E-state index contributed by atoms with van der Waals surface area (Å²) in [5.41, 5.74) is 17.0. The highest BCUT2D eigenvalue weighted by molar-refractivity contribution is 5.70. The Labute approximate surface area is 109 Å². The van der Waals surface area contributed by atoms with Crippen molar-refractivity contribution in [1.82, 2.24) is 15.4 Å².